The van der Waals surface area contributed by atoms with Crippen molar-refractivity contribution in [3.8, 4) is 0 Å². The van der Waals surface area contributed by atoms with E-state index in [1.54, 1.807) is 19.1 Å². The molecule has 0 saturated heterocycles. The maximum absolute atomic E-state index is 11.8. The van der Waals surface area contributed by atoms with Gasteiger partial charge in [-0.05, 0) is 53.8 Å². The number of carbonyl (C=O) groups is 3. The number of hydrogen-bond acceptors (Lipinski definition) is 5. The molecule has 23 heavy (non-hydrogen) atoms. The van der Waals surface area contributed by atoms with Crippen LogP contribution in [0.2, 0.25) is 0 Å². The second-order valence-electron chi connectivity index (χ2n) is 4.50. The molecule has 0 saturated carbocycles. The molecule has 0 aliphatic heterocycles. The summed E-state index contributed by atoms with van der Waals surface area (Å²) in [4.78, 5) is 34.4. The van der Waals surface area contributed by atoms with Gasteiger partial charge in [0.05, 0.1) is 13.0 Å². The van der Waals surface area contributed by atoms with Crippen LogP contribution in [0.25, 0.3) is 0 Å². The maximum atomic E-state index is 11.8. The lowest BCUT2D eigenvalue weighted by molar-refractivity contribution is -0.139. The largest absolute Gasteiger partial charge is 0.395 e. The molecule has 0 fully saturated rings. The molecule has 0 aliphatic carbocycles. The Morgan fingerprint density at radius 2 is 1.83 bits per heavy atom. The quantitative estimate of drug-likeness (QED) is 0.223. The summed E-state index contributed by atoms with van der Waals surface area (Å²) in [6.07, 6.45) is -0.0233. The van der Waals surface area contributed by atoms with E-state index in [2.05, 4.69) is 38.3 Å². The number of hydrogen-bond donors (Lipinski definition) is 4. The first-order valence-corrected chi connectivity index (χ1v) is 7.78. The monoisotopic (exact) mass is 432 g/mol. The minimum Gasteiger partial charge on any atom is -0.395 e. The minimum atomic E-state index is -0.962. The second kappa shape index (κ2) is 9.90. The molecule has 0 heterocycles. The number of aliphatic hydroxyl groups excluding tert-OH is 1. The van der Waals surface area contributed by atoms with Crippen LogP contribution in [-0.4, -0.2) is 41.7 Å². The normalized spacial score (nSPS) is 10.8. The Morgan fingerprint density at radius 3 is 2.43 bits per heavy atom. The van der Waals surface area contributed by atoms with Gasteiger partial charge in [-0.3, -0.25) is 14.4 Å². The molecule has 0 unspecified atom stereocenters. The van der Waals surface area contributed by atoms with E-state index >= 15 is 0 Å². The summed E-state index contributed by atoms with van der Waals surface area (Å²) in [6, 6.07) is 7.28. The Morgan fingerprint density at radius 1 is 1.17 bits per heavy atom. The smallest absolute Gasteiger partial charge is 0.329 e. The molecule has 1 aromatic carbocycles. The van der Waals surface area contributed by atoms with E-state index < -0.39 is 11.8 Å². The molecule has 0 radical (unpaired) electrons. The van der Waals surface area contributed by atoms with E-state index in [0.717, 1.165) is 3.57 Å². The fourth-order valence-corrected chi connectivity index (χ4v) is 1.82. The topological polar surface area (TPSA) is 120 Å². The van der Waals surface area contributed by atoms with Gasteiger partial charge in [0.25, 0.3) is 0 Å². The van der Waals surface area contributed by atoms with Gasteiger partial charge in [0, 0.05) is 21.5 Å². The summed E-state index contributed by atoms with van der Waals surface area (Å²) >= 11 is 2.16. The number of carbonyl (C=O) groups excluding carboxylic acids is 3. The highest BCUT2D eigenvalue weighted by Crippen LogP contribution is 2.11. The Kier molecular flexibility index (Phi) is 8.19. The van der Waals surface area contributed by atoms with Gasteiger partial charge in [-0.15, -0.1) is 0 Å². The predicted molar refractivity (Wildman–Crippen MR) is 93.8 cm³/mol. The van der Waals surface area contributed by atoms with Crippen LogP contribution in [-0.2, 0) is 14.4 Å². The van der Waals surface area contributed by atoms with Gasteiger partial charge in [0.15, 0.2) is 0 Å². The molecular formula is C14H17IN4O4. The van der Waals surface area contributed by atoms with Crippen LogP contribution >= 0.6 is 22.6 Å². The average molecular weight is 432 g/mol. The van der Waals surface area contributed by atoms with Crippen molar-refractivity contribution in [1.29, 1.82) is 0 Å². The lowest BCUT2D eigenvalue weighted by Crippen LogP contribution is -2.39. The van der Waals surface area contributed by atoms with Crippen molar-refractivity contribution in [1.82, 2.24) is 10.7 Å². The first-order valence-electron chi connectivity index (χ1n) is 6.70. The zero-order valence-corrected chi connectivity index (χ0v) is 14.6. The number of anilines is 1. The third-order valence-corrected chi connectivity index (χ3v) is 3.22. The van der Waals surface area contributed by atoms with Gasteiger partial charge in [-0.25, -0.2) is 5.43 Å². The van der Waals surface area contributed by atoms with E-state index in [9.17, 15) is 14.4 Å². The fourth-order valence-electron chi connectivity index (χ4n) is 1.46. The van der Waals surface area contributed by atoms with Crippen LogP contribution in [0.3, 0.4) is 0 Å². The van der Waals surface area contributed by atoms with Crippen molar-refractivity contribution in [3.05, 3.63) is 27.8 Å². The van der Waals surface area contributed by atoms with Crippen molar-refractivity contribution in [2.45, 2.75) is 13.3 Å². The van der Waals surface area contributed by atoms with Gasteiger partial charge in [-0.1, -0.05) is 0 Å². The standard InChI is InChI=1S/C14H17IN4O4/c1-9(18-19-14(23)13(22)16-6-7-20)8-12(21)17-11-4-2-10(15)3-5-11/h2-5,20H,6-8H2,1H3,(H,16,22)(H,17,21)(H,19,23)/b18-9+. The van der Waals surface area contributed by atoms with Crippen molar-refractivity contribution in [3.63, 3.8) is 0 Å². The summed E-state index contributed by atoms with van der Waals surface area (Å²) in [5, 5.41) is 17.1. The molecule has 1 aromatic rings. The van der Waals surface area contributed by atoms with Gasteiger partial charge in [0.2, 0.25) is 5.91 Å². The van der Waals surface area contributed by atoms with Crippen LogP contribution in [0.1, 0.15) is 13.3 Å². The highest BCUT2D eigenvalue weighted by atomic mass is 127. The van der Waals surface area contributed by atoms with E-state index in [1.165, 1.54) is 0 Å². The number of nitrogens with one attached hydrogen (secondary N) is 3. The van der Waals surface area contributed by atoms with Gasteiger partial charge < -0.3 is 15.7 Å². The summed E-state index contributed by atoms with van der Waals surface area (Å²) in [5.41, 5.74) is 3.05. The Balaban J connectivity index is 2.43. The molecule has 0 spiro atoms. The van der Waals surface area contributed by atoms with E-state index in [4.69, 9.17) is 5.11 Å². The average Bonchev–Trinajstić information content (AvgIpc) is 2.52. The number of benzene rings is 1. The number of rotatable bonds is 6. The van der Waals surface area contributed by atoms with Gasteiger partial charge in [0.1, 0.15) is 0 Å². The molecule has 3 amide bonds. The zero-order chi connectivity index (χ0) is 17.2. The summed E-state index contributed by atoms with van der Waals surface area (Å²) in [6.45, 7) is 1.27. The number of nitrogens with zero attached hydrogens (tertiary/aromatic N) is 1. The number of aliphatic hydroxyl groups is 1. The van der Waals surface area contributed by atoms with Crippen LogP contribution in [0.15, 0.2) is 29.4 Å². The van der Waals surface area contributed by atoms with Crippen molar-refractivity contribution >= 4 is 51.7 Å². The van der Waals surface area contributed by atoms with E-state index in [1.807, 2.05) is 17.6 Å². The first-order chi connectivity index (χ1) is 10.9. The molecule has 0 atom stereocenters. The lowest BCUT2D eigenvalue weighted by Gasteiger charge is -2.06. The van der Waals surface area contributed by atoms with Crippen LogP contribution in [0, 0.1) is 3.57 Å². The molecule has 4 N–H and O–H groups in total. The van der Waals surface area contributed by atoms with Crippen molar-refractivity contribution < 1.29 is 19.5 Å². The number of halogens is 1. The molecule has 8 nitrogen and oxygen atoms in total. The zero-order valence-electron chi connectivity index (χ0n) is 12.4. The highest BCUT2D eigenvalue weighted by molar-refractivity contribution is 14.1. The van der Waals surface area contributed by atoms with E-state index in [0.29, 0.717) is 11.4 Å². The predicted octanol–water partition coefficient (Wildman–Crippen LogP) is 0.220. The van der Waals surface area contributed by atoms with E-state index in [-0.39, 0.29) is 25.5 Å². The van der Waals surface area contributed by atoms with Crippen molar-refractivity contribution in [2.75, 3.05) is 18.5 Å². The fraction of sp³-hybridized carbons (Fsp3) is 0.286. The third-order valence-electron chi connectivity index (χ3n) is 2.50. The minimum absolute atomic E-state index is 0.0205. The lowest BCUT2D eigenvalue weighted by atomic mass is 10.2. The van der Waals surface area contributed by atoms with Gasteiger partial charge >= 0.3 is 11.8 Å². The molecule has 124 valence electrons. The summed E-state index contributed by atoms with van der Waals surface area (Å²) < 4.78 is 1.06. The van der Waals surface area contributed by atoms with Crippen LogP contribution in [0.5, 0.6) is 0 Å². The molecule has 1 rings (SSSR count). The molecule has 0 aliphatic rings. The summed E-state index contributed by atoms with van der Waals surface area (Å²) in [5.74, 6) is -2.15. The van der Waals surface area contributed by atoms with Crippen LogP contribution < -0.4 is 16.1 Å². The first kappa shape index (κ1) is 19.0. The molecular weight excluding hydrogens is 415 g/mol. The van der Waals surface area contributed by atoms with Crippen molar-refractivity contribution in [2.24, 2.45) is 5.10 Å². The van der Waals surface area contributed by atoms with Crippen LogP contribution in [0.4, 0.5) is 5.69 Å². The Bertz CT molecular complexity index is 601. The SMILES string of the molecule is C/C(CC(=O)Nc1ccc(I)cc1)=N\NC(=O)C(=O)NCCO. The molecule has 9 heteroatoms. The Labute approximate surface area is 146 Å². The third kappa shape index (κ3) is 7.70. The van der Waals surface area contributed by atoms with Gasteiger partial charge in [-0.2, -0.15) is 5.10 Å². The number of hydrazone groups is 1. The summed E-state index contributed by atoms with van der Waals surface area (Å²) in [7, 11) is 0. The molecule has 0 bridgehead atoms. The highest BCUT2D eigenvalue weighted by Gasteiger charge is 2.12. The second-order valence-corrected chi connectivity index (χ2v) is 5.74. The molecule has 0 aromatic heterocycles. The maximum Gasteiger partial charge on any atom is 0.329 e. The Hall–Kier alpha value is -2.01. The number of amides is 3.